The molecule has 3 aliphatic heterocycles. The average molecular weight is 605 g/mol. The summed E-state index contributed by atoms with van der Waals surface area (Å²) in [7, 11) is 0. The van der Waals surface area contributed by atoms with E-state index in [0.29, 0.717) is 13.2 Å². The number of anilines is 3. The first-order valence-corrected chi connectivity index (χ1v) is 14.3. The summed E-state index contributed by atoms with van der Waals surface area (Å²) in [5, 5.41) is 14.7. The van der Waals surface area contributed by atoms with Gasteiger partial charge in [0, 0.05) is 36.3 Å². The molecule has 9 nitrogen and oxygen atoms in total. The van der Waals surface area contributed by atoms with Crippen LogP contribution in [0.5, 0.6) is 5.75 Å². The van der Waals surface area contributed by atoms with Crippen LogP contribution in [0, 0.1) is 0 Å². The van der Waals surface area contributed by atoms with Crippen LogP contribution in [0.15, 0.2) is 42.5 Å². The lowest BCUT2D eigenvalue weighted by atomic mass is 9.94. The number of aromatic nitrogens is 1. The van der Waals surface area contributed by atoms with E-state index in [0.717, 1.165) is 65.2 Å². The number of carboxylic acids is 1. The van der Waals surface area contributed by atoms with E-state index in [1.165, 1.54) is 22.5 Å². The van der Waals surface area contributed by atoms with Crippen molar-refractivity contribution in [2.75, 3.05) is 36.6 Å². The van der Waals surface area contributed by atoms with Crippen molar-refractivity contribution in [3.8, 4) is 5.75 Å². The maximum absolute atomic E-state index is 12.6. The summed E-state index contributed by atoms with van der Waals surface area (Å²) >= 11 is 1.50. The van der Waals surface area contributed by atoms with E-state index in [1.54, 1.807) is 0 Å². The first kappa shape index (κ1) is 29.6. The van der Waals surface area contributed by atoms with Gasteiger partial charge >= 0.3 is 12.1 Å². The molecule has 1 saturated heterocycles. The van der Waals surface area contributed by atoms with Gasteiger partial charge in [0.2, 0.25) is 0 Å². The van der Waals surface area contributed by atoms with Crippen LogP contribution in [0.1, 0.15) is 40.3 Å². The van der Waals surface area contributed by atoms with Gasteiger partial charge in [0.1, 0.15) is 10.6 Å². The number of aliphatic carboxylic acids is 1. The van der Waals surface area contributed by atoms with Crippen molar-refractivity contribution in [1.29, 1.82) is 0 Å². The van der Waals surface area contributed by atoms with Crippen LogP contribution in [0.3, 0.4) is 0 Å². The van der Waals surface area contributed by atoms with Gasteiger partial charge in [0.05, 0.1) is 31.6 Å². The van der Waals surface area contributed by atoms with Crippen LogP contribution in [0.25, 0.3) is 0 Å². The molecule has 1 unspecified atom stereocenters. The molecule has 6 rings (SSSR count). The van der Waals surface area contributed by atoms with Gasteiger partial charge in [-0.25, -0.2) is 9.78 Å². The van der Waals surface area contributed by atoms with Crippen LogP contribution in [0.4, 0.5) is 29.7 Å². The van der Waals surface area contributed by atoms with Crippen LogP contribution in [0.2, 0.25) is 0 Å². The number of amides is 1. The fourth-order valence-corrected chi connectivity index (χ4v) is 6.22. The average Bonchev–Trinajstić information content (AvgIpc) is 3.55. The van der Waals surface area contributed by atoms with Gasteiger partial charge in [0.15, 0.2) is 5.13 Å². The van der Waals surface area contributed by atoms with Gasteiger partial charge in [-0.2, -0.15) is 13.2 Å². The summed E-state index contributed by atoms with van der Waals surface area (Å²) < 4.78 is 43.2. The molecule has 3 aromatic rings. The third-order valence-electron chi connectivity index (χ3n) is 7.05. The molecule has 0 radical (unpaired) electrons. The molecule has 0 bridgehead atoms. The molecule has 3 N–H and O–H groups in total. The number of nitrogens with one attached hydrogen (secondary N) is 2. The normalized spacial score (nSPS) is 19.0. The molecule has 3 aliphatic rings. The summed E-state index contributed by atoms with van der Waals surface area (Å²) in [4.78, 5) is 29.5. The number of thiazole rings is 1. The topological polar surface area (TPSA) is 113 Å². The number of carbonyl (C=O) groups excluding carboxylic acids is 1. The standard InChI is InChI=1S/C27H30N4O3S.C2HF3O2/c1-27(2)15-22-24(25(32)30-27)35-26(29-22)31-9-11-33-16-21(31)13-17-4-3-5-19(12-17)28-20-6-7-23-18(14-20)8-10-34-23;3-2(4,5)1(6)7/h3-7,12,14,21,28H,8-11,13,15-16H2,1-2H3,(H,30,32);(H,6,7). The van der Waals surface area contributed by atoms with Gasteiger partial charge in [-0.05, 0) is 61.7 Å². The fourth-order valence-electron chi connectivity index (χ4n) is 5.14. The number of halogens is 3. The van der Waals surface area contributed by atoms with E-state index in [-0.39, 0.29) is 17.5 Å². The highest BCUT2D eigenvalue weighted by atomic mass is 32.1. The van der Waals surface area contributed by atoms with Gasteiger partial charge in [-0.1, -0.05) is 23.5 Å². The minimum atomic E-state index is -5.08. The quantitative estimate of drug-likeness (QED) is 0.375. The van der Waals surface area contributed by atoms with Gasteiger partial charge in [-0.3, -0.25) is 4.79 Å². The van der Waals surface area contributed by atoms with E-state index >= 15 is 0 Å². The van der Waals surface area contributed by atoms with Crippen LogP contribution < -0.4 is 20.3 Å². The second-order valence-corrected chi connectivity index (χ2v) is 11.9. The third-order valence-corrected chi connectivity index (χ3v) is 8.18. The SMILES string of the molecule is CC1(C)Cc2nc(N3CCOCC3Cc3cccc(Nc4ccc5c(c4)CCO5)c3)sc2C(=O)N1.O=C(O)C(F)(F)F. The van der Waals surface area contributed by atoms with Crippen molar-refractivity contribution in [3.05, 3.63) is 64.2 Å². The molecule has 1 amide bonds. The number of nitrogens with zero attached hydrogens (tertiary/aromatic N) is 2. The van der Waals surface area contributed by atoms with E-state index in [1.807, 2.05) is 19.9 Å². The molecule has 0 aliphatic carbocycles. The van der Waals surface area contributed by atoms with E-state index in [4.69, 9.17) is 24.4 Å². The zero-order valence-electron chi connectivity index (χ0n) is 23.1. The summed E-state index contributed by atoms with van der Waals surface area (Å²) in [6.45, 7) is 6.94. The van der Waals surface area contributed by atoms with E-state index < -0.39 is 12.1 Å². The van der Waals surface area contributed by atoms with Gasteiger partial charge in [0.25, 0.3) is 5.91 Å². The number of morpholine rings is 1. The number of carboxylic acid groups (broad SMARTS) is 1. The molecule has 0 spiro atoms. The Morgan fingerprint density at radius 2 is 1.98 bits per heavy atom. The maximum atomic E-state index is 12.6. The highest BCUT2D eigenvalue weighted by Crippen LogP contribution is 2.34. The fraction of sp³-hybridized carbons (Fsp3) is 0.414. The summed E-state index contributed by atoms with van der Waals surface area (Å²) in [5.41, 5.74) is 5.27. The van der Waals surface area contributed by atoms with E-state index in [9.17, 15) is 18.0 Å². The molecule has 224 valence electrons. The Morgan fingerprint density at radius 1 is 1.21 bits per heavy atom. The molecule has 0 saturated carbocycles. The Kier molecular flexibility index (Phi) is 8.33. The lowest BCUT2D eigenvalue weighted by Gasteiger charge is -2.35. The lowest BCUT2D eigenvalue weighted by molar-refractivity contribution is -0.192. The highest BCUT2D eigenvalue weighted by molar-refractivity contribution is 7.17. The van der Waals surface area contributed by atoms with E-state index in [2.05, 4.69) is 51.9 Å². The number of hydrogen-bond donors (Lipinski definition) is 3. The predicted molar refractivity (Wildman–Crippen MR) is 152 cm³/mol. The molecule has 4 heterocycles. The summed E-state index contributed by atoms with van der Waals surface area (Å²) in [5.74, 6) is -1.78. The molecule has 13 heteroatoms. The van der Waals surface area contributed by atoms with Crippen LogP contribution in [-0.2, 0) is 28.8 Å². The lowest BCUT2D eigenvalue weighted by Crippen LogP contribution is -2.48. The number of fused-ring (bicyclic) bond motifs is 2. The van der Waals surface area contributed by atoms with Gasteiger partial charge < -0.3 is 30.1 Å². The molecule has 1 fully saturated rings. The minimum absolute atomic E-state index is 0.0123. The monoisotopic (exact) mass is 604 g/mol. The Morgan fingerprint density at radius 3 is 2.74 bits per heavy atom. The van der Waals surface area contributed by atoms with Crippen LogP contribution in [-0.4, -0.2) is 66.1 Å². The number of hydrogen-bond acceptors (Lipinski definition) is 8. The van der Waals surface area contributed by atoms with Crippen molar-refractivity contribution in [3.63, 3.8) is 0 Å². The Labute approximate surface area is 244 Å². The largest absolute Gasteiger partial charge is 0.493 e. The Balaban J connectivity index is 0.000000451. The number of rotatable bonds is 5. The van der Waals surface area contributed by atoms with Gasteiger partial charge in [-0.15, -0.1) is 0 Å². The Hall–Kier alpha value is -3.84. The second-order valence-electron chi connectivity index (χ2n) is 11.0. The van der Waals surface area contributed by atoms with Crippen molar-refractivity contribution in [2.24, 2.45) is 0 Å². The summed E-state index contributed by atoms with van der Waals surface area (Å²) in [6.07, 6.45) is -2.53. The third kappa shape index (κ3) is 6.96. The molecule has 1 atom stereocenters. The molecule has 1 aromatic heterocycles. The maximum Gasteiger partial charge on any atom is 0.490 e. The molecular weight excluding hydrogens is 573 g/mol. The smallest absolute Gasteiger partial charge is 0.490 e. The highest BCUT2D eigenvalue weighted by Gasteiger charge is 2.38. The first-order chi connectivity index (χ1) is 19.9. The predicted octanol–water partition coefficient (Wildman–Crippen LogP) is 4.97. The molecular formula is C29H31F3N4O5S. The Bertz CT molecular complexity index is 1480. The second kappa shape index (κ2) is 11.8. The number of carbonyl (C=O) groups is 2. The van der Waals surface area contributed by atoms with Crippen molar-refractivity contribution < 1.29 is 37.3 Å². The van der Waals surface area contributed by atoms with Crippen molar-refractivity contribution >= 4 is 39.7 Å². The minimum Gasteiger partial charge on any atom is -0.493 e. The number of benzene rings is 2. The van der Waals surface area contributed by atoms with Crippen LogP contribution >= 0.6 is 11.3 Å². The number of ether oxygens (including phenoxy) is 2. The molecule has 42 heavy (non-hydrogen) atoms. The van der Waals surface area contributed by atoms with Crippen molar-refractivity contribution in [2.45, 2.75) is 50.9 Å². The summed E-state index contributed by atoms with van der Waals surface area (Å²) in [6, 6.07) is 15.0. The zero-order chi connectivity index (χ0) is 30.1. The first-order valence-electron chi connectivity index (χ1n) is 13.5. The molecule has 2 aromatic carbocycles. The number of alkyl halides is 3. The van der Waals surface area contributed by atoms with Crippen molar-refractivity contribution in [1.82, 2.24) is 10.3 Å². The zero-order valence-corrected chi connectivity index (χ0v) is 23.9.